The van der Waals surface area contributed by atoms with Gasteiger partial charge in [0.05, 0.1) is 15.1 Å². The fourth-order valence-electron chi connectivity index (χ4n) is 2.23. The summed E-state index contributed by atoms with van der Waals surface area (Å²) < 4.78 is 12.6. The Morgan fingerprint density at radius 1 is 1.22 bits per heavy atom. The third kappa shape index (κ3) is 2.89. The molecular formula is C17H10N2O2S2. The van der Waals surface area contributed by atoms with E-state index in [4.69, 9.17) is 9.47 Å². The van der Waals surface area contributed by atoms with Gasteiger partial charge in [0.1, 0.15) is 6.07 Å². The Hall–Kier alpha value is -2.49. The SMILES string of the molecule is N#CC(=Cc1ccc2c(c1)OCO2)Sc1nc2ccccc2s1. The summed E-state index contributed by atoms with van der Waals surface area (Å²) in [6.45, 7) is 0.244. The molecule has 2 aromatic carbocycles. The minimum atomic E-state index is 0.244. The number of thioether (sulfide) groups is 1. The van der Waals surface area contributed by atoms with Gasteiger partial charge >= 0.3 is 0 Å². The largest absolute Gasteiger partial charge is 0.454 e. The van der Waals surface area contributed by atoms with Gasteiger partial charge in [-0.2, -0.15) is 5.26 Å². The highest BCUT2D eigenvalue weighted by atomic mass is 32.2. The van der Waals surface area contributed by atoms with Crippen molar-refractivity contribution in [3.8, 4) is 17.6 Å². The predicted octanol–water partition coefficient (Wildman–Crippen LogP) is 4.68. The van der Waals surface area contributed by atoms with E-state index >= 15 is 0 Å². The first kappa shape index (κ1) is 14.1. The molecule has 23 heavy (non-hydrogen) atoms. The molecule has 3 aromatic rings. The molecule has 6 heteroatoms. The molecule has 0 saturated carbocycles. The molecule has 1 aliphatic heterocycles. The summed E-state index contributed by atoms with van der Waals surface area (Å²) >= 11 is 2.96. The Labute approximate surface area is 141 Å². The Balaban J connectivity index is 1.62. The van der Waals surface area contributed by atoms with E-state index in [1.165, 1.54) is 11.8 Å². The van der Waals surface area contributed by atoms with Crippen molar-refractivity contribution in [2.45, 2.75) is 4.34 Å². The number of rotatable bonds is 3. The quantitative estimate of drug-likeness (QED) is 0.512. The highest BCUT2D eigenvalue weighted by Crippen LogP contribution is 2.36. The van der Waals surface area contributed by atoms with Crippen LogP contribution in [0.25, 0.3) is 16.3 Å². The molecule has 1 aliphatic rings. The van der Waals surface area contributed by atoms with Gasteiger partial charge in [0.2, 0.25) is 6.79 Å². The second-order valence-corrected chi connectivity index (χ2v) is 7.10. The molecule has 2 heterocycles. The normalized spacial score (nSPS) is 13.3. The number of nitrogens with zero attached hydrogens (tertiary/aromatic N) is 2. The van der Waals surface area contributed by atoms with Gasteiger partial charge in [-0.25, -0.2) is 4.98 Å². The van der Waals surface area contributed by atoms with Crippen LogP contribution in [0.15, 0.2) is 51.7 Å². The molecule has 0 saturated heterocycles. The topological polar surface area (TPSA) is 55.1 Å². The van der Waals surface area contributed by atoms with Crippen LogP contribution in [0, 0.1) is 11.3 Å². The molecule has 1 aromatic heterocycles. The van der Waals surface area contributed by atoms with Gasteiger partial charge in [-0.05, 0) is 47.7 Å². The number of aromatic nitrogens is 1. The number of thiazole rings is 1. The second-order valence-electron chi connectivity index (χ2n) is 4.78. The molecule has 0 spiro atoms. The number of hydrogen-bond acceptors (Lipinski definition) is 6. The number of para-hydroxylation sites is 1. The smallest absolute Gasteiger partial charge is 0.231 e. The Kier molecular flexibility index (Phi) is 3.66. The van der Waals surface area contributed by atoms with Crippen molar-refractivity contribution < 1.29 is 9.47 Å². The zero-order chi connectivity index (χ0) is 15.6. The van der Waals surface area contributed by atoms with Gasteiger partial charge in [-0.1, -0.05) is 18.2 Å². The van der Waals surface area contributed by atoms with Crippen molar-refractivity contribution in [3.05, 3.63) is 52.9 Å². The molecule has 0 radical (unpaired) electrons. The highest BCUT2D eigenvalue weighted by Gasteiger charge is 2.13. The van der Waals surface area contributed by atoms with Crippen LogP contribution < -0.4 is 9.47 Å². The molecule has 0 aliphatic carbocycles. The van der Waals surface area contributed by atoms with Crippen molar-refractivity contribution in [2.24, 2.45) is 0 Å². The maximum absolute atomic E-state index is 9.40. The Bertz CT molecular complexity index is 924. The van der Waals surface area contributed by atoms with Crippen LogP contribution >= 0.6 is 23.1 Å². The van der Waals surface area contributed by atoms with E-state index in [0.717, 1.165) is 25.9 Å². The molecule has 0 bridgehead atoms. The van der Waals surface area contributed by atoms with Crippen LogP contribution in [-0.2, 0) is 0 Å². The van der Waals surface area contributed by atoms with E-state index < -0.39 is 0 Å². The van der Waals surface area contributed by atoms with Gasteiger partial charge in [0, 0.05) is 0 Å². The lowest BCUT2D eigenvalue weighted by molar-refractivity contribution is 0.174. The number of allylic oxidation sites excluding steroid dienone is 1. The molecule has 0 fully saturated rings. The number of ether oxygens (including phenoxy) is 2. The van der Waals surface area contributed by atoms with Crippen LogP contribution in [0.3, 0.4) is 0 Å². The van der Waals surface area contributed by atoms with Crippen molar-refractivity contribution in [1.82, 2.24) is 4.98 Å². The summed E-state index contributed by atoms with van der Waals surface area (Å²) in [5, 5.41) is 9.40. The number of benzene rings is 2. The van der Waals surface area contributed by atoms with Crippen LogP contribution in [0.1, 0.15) is 5.56 Å². The van der Waals surface area contributed by atoms with E-state index in [1.807, 2.05) is 48.5 Å². The lowest BCUT2D eigenvalue weighted by Crippen LogP contribution is -1.92. The van der Waals surface area contributed by atoms with Crippen molar-refractivity contribution in [3.63, 3.8) is 0 Å². The second kappa shape index (κ2) is 5.95. The van der Waals surface area contributed by atoms with Gasteiger partial charge in [-0.3, -0.25) is 0 Å². The van der Waals surface area contributed by atoms with Gasteiger partial charge < -0.3 is 9.47 Å². The third-order valence-corrected chi connectivity index (χ3v) is 5.30. The zero-order valence-electron chi connectivity index (χ0n) is 11.9. The maximum atomic E-state index is 9.40. The van der Waals surface area contributed by atoms with Crippen molar-refractivity contribution >= 4 is 39.4 Å². The lowest BCUT2D eigenvalue weighted by Gasteiger charge is -1.99. The van der Waals surface area contributed by atoms with Crippen molar-refractivity contribution in [2.75, 3.05) is 6.79 Å². The van der Waals surface area contributed by atoms with E-state index in [0.29, 0.717) is 10.7 Å². The molecular weight excluding hydrogens is 328 g/mol. The highest BCUT2D eigenvalue weighted by molar-refractivity contribution is 8.05. The molecule has 0 amide bonds. The summed E-state index contributed by atoms with van der Waals surface area (Å²) in [4.78, 5) is 5.13. The summed E-state index contributed by atoms with van der Waals surface area (Å²) in [7, 11) is 0. The predicted molar refractivity (Wildman–Crippen MR) is 91.6 cm³/mol. The Morgan fingerprint density at radius 2 is 2.09 bits per heavy atom. The summed E-state index contributed by atoms with van der Waals surface area (Å²) in [6.07, 6.45) is 1.83. The molecule has 4 rings (SSSR count). The average Bonchev–Trinajstić information content (AvgIpc) is 3.19. The average molecular weight is 338 g/mol. The fourth-order valence-corrected chi connectivity index (χ4v) is 4.20. The van der Waals surface area contributed by atoms with Crippen LogP contribution in [-0.4, -0.2) is 11.8 Å². The fraction of sp³-hybridized carbons (Fsp3) is 0.0588. The maximum Gasteiger partial charge on any atom is 0.231 e. The summed E-state index contributed by atoms with van der Waals surface area (Å²) in [6, 6.07) is 15.8. The first-order chi connectivity index (χ1) is 11.3. The van der Waals surface area contributed by atoms with E-state index in [1.54, 1.807) is 11.3 Å². The van der Waals surface area contributed by atoms with Crippen LogP contribution in [0.2, 0.25) is 0 Å². The van der Waals surface area contributed by atoms with Crippen LogP contribution in [0.4, 0.5) is 0 Å². The van der Waals surface area contributed by atoms with Gasteiger partial charge in [-0.15, -0.1) is 11.3 Å². The Morgan fingerprint density at radius 3 is 2.96 bits per heavy atom. The van der Waals surface area contributed by atoms with Crippen LogP contribution in [0.5, 0.6) is 11.5 Å². The molecule has 0 N–H and O–H groups in total. The first-order valence-corrected chi connectivity index (χ1v) is 8.50. The van der Waals surface area contributed by atoms with E-state index in [-0.39, 0.29) is 6.79 Å². The molecule has 112 valence electrons. The first-order valence-electron chi connectivity index (χ1n) is 6.87. The van der Waals surface area contributed by atoms with E-state index in [2.05, 4.69) is 11.1 Å². The van der Waals surface area contributed by atoms with Gasteiger partial charge in [0.25, 0.3) is 0 Å². The number of fused-ring (bicyclic) bond motifs is 2. The minimum absolute atomic E-state index is 0.244. The summed E-state index contributed by atoms with van der Waals surface area (Å²) in [5.41, 5.74) is 1.86. The zero-order valence-corrected chi connectivity index (χ0v) is 13.5. The molecule has 0 unspecified atom stereocenters. The number of hydrogen-bond donors (Lipinski definition) is 0. The molecule has 4 nitrogen and oxygen atoms in total. The van der Waals surface area contributed by atoms with E-state index in [9.17, 15) is 5.26 Å². The minimum Gasteiger partial charge on any atom is -0.454 e. The summed E-state index contributed by atoms with van der Waals surface area (Å²) in [5.74, 6) is 1.44. The third-order valence-electron chi connectivity index (χ3n) is 3.28. The number of nitriles is 1. The van der Waals surface area contributed by atoms with Gasteiger partial charge in [0.15, 0.2) is 15.8 Å². The monoisotopic (exact) mass is 338 g/mol. The molecule has 0 atom stereocenters. The van der Waals surface area contributed by atoms with Crippen molar-refractivity contribution in [1.29, 1.82) is 5.26 Å². The standard InChI is InChI=1S/C17H10N2O2S2/c18-9-12(7-11-5-6-14-15(8-11)21-10-20-14)22-17-19-13-3-1-2-4-16(13)23-17/h1-8H,10H2. The lowest BCUT2D eigenvalue weighted by atomic mass is 10.2.